The fraction of sp³-hybridized carbons (Fsp3) is 0.355. The van der Waals surface area contributed by atoms with Crippen molar-refractivity contribution in [1.82, 2.24) is 3.11 Å². The van der Waals surface area contributed by atoms with Crippen molar-refractivity contribution in [1.29, 1.82) is 0 Å². The normalized spacial score (nSPS) is 15.8. The van der Waals surface area contributed by atoms with Crippen LogP contribution in [0.25, 0.3) is 11.1 Å². The molecule has 1 fully saturated rings. The van der Waals surface area contributed by atoms with Gasteiger partial charge in [0.25, 0.3) is 0 Å². The first-order valence-electron chi connectivity index (χ1n) is 13.4. The van der Waals surface area contributed by atoms with Crippen LogP contribution in [0, 0.1) is 0 Å². The van der Waals surface area contributed by atoms with E-state index in [4.69, 9.17) is 16.3 Å². The zero-order chi connectivity index (χ0) is 28.5. The van der Waals surface area contributed by atoms with Crippen molar-refractivity contribution in [2.45, 2.75) is 44.8 Å². The van der Waals surface area contributed by atoms with Gasteiger partial charge < -0.3 is 10.4 Å². The summed E-state index contributed by atoms with van der Waals surface area (Å²) in [5.41, 5.74) is 4.85. The minimum atomic E-state index is -1.10. The number of nitrogens with zero attached hydrogens (tertiary/aromatic N) is 1. The van der Waals surface area contributed by atoms with Gasteiger partial charge in [0, 0.05) is 0 Å². The summed E-state index contributed by atoms with van der Waals surface area (Å²) in [6.45, 7) is 1.81. The van der Waals surface area contributed by atoms with E-state index in [9.17, 15) is 14.7 Å². The quantitative estimate of drug-likeness (QED) is 0.120. The van der Waals surface area contributed by atoms with E-state index in [1.807, 2.05) is 48.5 Å². The number of piperidine rings is 1. The number of aliphatic hydroxyl groups excluding tert-OH is 1. The molecule has 1 unspecified atom stereocenters. The number of anilines is 2. The molecule has 0 aliphatic carbocycles. The van der Waals surface area contributed by atoms with E-state index in [-0.39, 0.29) is 18.6 Å². The van der Waals surface area contributed by atoms with Gasteiger partial charge in [-0.3, -0.25) is 4.79 Å². The Balaban J connectivity index is 1.39. The molecule has 3 N–H and O–H groups in total. The average molecular weight is 678 g/mol. The van der Waals surface area contributed by atoms with Gasteiger partial charge >= 0.3 is 176 Å². The molecule has 0 spiro atoms. The van der Waals surface area contributed by atoms with Crippen molar-refractivity contribution in [3.05, 3.63) is 82.9 Å². The van der Waals surface area contributed by atoms with Gasteiger partial charge in [-0.2, -0.15) is 0 Å². The molecule has 1 heterocycles. The van der Waals surface area contributed by atoms with Crippen LogP contribution >= 0.6 is 31.7 Å². The first-order valence-corrected chi connectivity index (χ1v) is 19.1. The Morgan fingerprint density at radius 3 is 2.52 bits per heavy atom. The summed E-state index contributed by atoms with van der Waals surface area (Å²) in [6, 6.07) is 21.0. The van der Waals surface area contributed by atoms with Crippen LogP contribution in [0.15, 0.2) is 66.7 Å². The zero-order valence-electron chi connectivity index (χ0n) is 23.0. The molecule has 9 heteroatoms. The van der Waals surface area contributed by atoms with Gasteiger partial charge in [0.15, 0.2) is 0 Å². The Bertz CT molecular complexity index is 1300. The molecule has 0 aromatic heterocycles. The second-order valence-electron chi connectivity index (χ2n) is 10.00. The number of ether oxygens (including phenoxy) is 1. The SMILES string of the molecule is CI(C)N1CCCC(OC(=O)Nc2cc(CCCC(=O)Nc3ccc(CO)cc3Cl)ccc2-c2ccccc2)C1. The topological polar surface area (TPSA) is 90.9 Å². The number of rotatable bonds is 10. The second kappa shape index (κ2) is 14.8. The van der Waals surface area contributed by atoms with Crippen LogP contribution in [0.2, 0.25) is 5.02 Å². The molecule has 0 radical (unpaired) electrons. The number of hydrogen-bond donors (Lipinski definition) is 3. The van der Waals surface area contributed by atoms with E-state index in [1.54, 1.807) is 18.2 Å². The Labute approximate surface area is 249 Å². The van der Waals surface area contributed by atoms with Crippen molar-refractivity contribution < 1.29 is 19.4 Å². The Kier molecular flexibility index (Phi) is 11.2. The van der Waals surface area contributed by atoms with E-state index in [0.29, 0.717) is 41.2 Å². The standard InChI is InChI=1S/C31H37ClIN3O4/c1-33(2)36-17-7-11-25(20-36)40-31(39)35-29-19-22(13-15-26(29)24-9-4-3-5-10-24)8-6-12-30(38)34-28-16-14-23(21-37)18-27(28)32/h3-5,9-10,13-16,18-19,25,37H,6-8,11-12,17,20-21H2,1-2H3,(H,34,38)(H,35,39). The monoisotopic (exact) mass is 677 g/mol. The summed E-state index contributed by atoms with van der Waals surface area (Å²) in [7, 11) is 0. The first kappa shape index (κ1) is 30.3. The number of halogens is 2. The number of carbonyl (C=O) groups excluding carboxylic acids is 2. The predicted octanol–water partition coefficient (Wildman–Crippen LogP) is 7.15. The van der Waals surface area contributed by atoms with Crippen LogP contribution < -0.4 is 10.6 Å². The molecule has 1 atom stereocenters. The summed E-state index contributed by atoms with van der Waals surface area (Å²) < 4.78 is 8.35. The van der Waals surface area contributed by atoms with Crippen LogP contribution in [0.3, 0.4) is 0 Å². The third-order valence-electron chi connectivity index (χ3n) is 6.85. The molecule has 0 bridgehead atoms. The number of benzene rings is 3. The summed E-state index contributed by atoms with van der Waals surface area (Å²) >= 11 is 5.12. The third kappa shape index (κ3) is 8.67. The summed E-state index contributed by atoms with van der Waals surface area (Å²) in [4.78, 5) is 30.1. The van der Waals surface area contributed by atoms with Gasteiger partial charge in [0.1, 0.15) is 0 Å². The third-order valence-corrected chi connectivity index (χ3v) is 10.8. The van der Waals surface area contributed by atoms with Gasteiger partial charge in [-0.05, 0) is 17.7 Å². The molecule has 3 aromatic rings. The van der Waals surface area contributed by atoms with Gasteiger partial charge in [-0.25, -0.2) is 0 Å². The molecule has 1 aliphatic rings. The van der Waals surface area contributed by atoms with Crippen molar-refractivity contribution >= 4 is 55.1 Å². The molecule has 40 heavy (non-hydrogen) atoms. The molecule has 1 saturated heterocycles. The van der Waals surface area contributed by atoms with Crippen LogP contribution in [0.4, 0.5) is 16.2 Å². The maximum atomic E-state index is 13.0. The van der Waals surface area contributed by atoms with E-state index >= 15 is 0 Å². The van der Waals surface area contributed by atoms with Crippen molar-refractivity contribution in [2.24, 2.45) is 0 Å². The molecule has 7 nitrogen and oxygen atoms in total. The van der Waals surface area contributed by atoms with Crippen LogP contribution in [-0.2, 0) is 22.6 Å². The summed E-state index contributed by atoms with van der Waals surface area (Å²) in [6.07, 6.45) is 3.02. The van der Waals surface area contributed by atoms with E-state index < -0.39 is 26.2 Å². The number of nitrogens with one attached hydrogen (secondary N) is 2. The molecule has 1 aliphatic heterocycles. The van der Waals surface area contributed by atoms with Crippen molar-refractivity contribution in [3.8, 4) is 11.1 Å². The minimum absolute atomic E-state index is 0.0938. The predicted molar refractivity (Wildman–Crippen MR) is 171 cm³/mol. The molecule has 0 saturated carbocycles. The number of aryl methyl sites for hydroxylation is 1. The fourth-order valence-electron chi connectivity index (χ4n) is 4.73. The van der Waals surface area contributed by atoms with Crippen LogP contribution in [-0.4, -0.2) is 49.3 Å². The van der Waals surface area contributed by atoms with E-state index in [2.05, 4.69) is 23.6 Å². The Morgan fingerprint density at radius 1 is 1.02 bits per heavy atom. The number of aliphatic hydroxyl groups is 1. The molecule has 2 amide bonds. The van der Waals surface area contributed by atoms with Gasteiger partial charge in [-0.15, -0.1) is 0 Å². The zero-order valence-corrected chi connectivity index (χ0v) is 25.9. The van der Waals surface area contributed by atoms with Crippen LogP contribution in [0.5, 0.6) is 0 Å². The van der Waals surface area contributed by atoms with Gasteiger partial charge in [0.05, 0.1) is 17.3 Å². The number of amides is 2. The average Bonchev–Trinajstić information content (AvgIpc) is 2.95. The molecule has 214 valence electrons. The fourth-order valence-corrected chi connectivity index (χ4v) is 7.52. The number of hydrogen-bond acceptors (Lipinski definition) is 5. The molecule has 4 rings (SSSR count). The van der Waals surface area contributed by atoms with Crippen molar-refractivity contribution in [3.63, 3.8) is 0 Å². The Hall–Kier alpha value is -2.66. The van der Waals surface area contributed by atoms with Gasteiger partial charge in [0.2, 0.25) is 5.91 Å². The Morgan fingerprint density at radius 2 is 1.80 bits per heavy atom. The molecular weight excluding hydrogens is 641 g/mol. The molecular formula is C31H37ClIN3O4. The molecule has 3 aromatic carbocycles. The summed E-state index contributed by atoms with van der Waals surface area (Å²) in [5.74, 6) is -0.132. The van der Waals surface area contributed by atoms with Crippen molar-refractivity contribution in [2.75, 3.05) is 33.6 Å². The second-order valence-corrected chi connectivity index (χ2v) is 15.9. The van der Waals surface area contributed by atoms with E-state index in [1.165, 1.54) is 0 Å². The number of alkyl halides is 2. The van der Waals surface area contributed by atoms with Gasteiger partial charge in [-0.1, -0.05) is 17.7 Å². The maximum absolute atomic E-state index is 13.0. The number of carbonyl (C=O) groups is 2. The summed E-state index contributed by atoms with van der Waals surface area (Å²) in [5, 5.41) is 15.5. The van der Waals surface area contributed by atoms with E-state index in [0.717, 1.165) is 42.6 Å². The first-order chi connectivity index (χ1) is 19.3. The van der Waals surface area contributed by atoms with Crippen LogP contribution in [0.1, 0.15) is 36.8 Å².